The van der Waals surface area contributed by atoms with Gasteiger partial charge in [-0.05, 0) is 31.0 Å². The van der Waals surface area contributed by atoms with Crippen LogP contribution in [0, 0.1) is 0 Å². The Hall–Kier alpha value is -0.680. The molecular formula is C14H14Cl4N2O2. The predicted molar refractivity (Wildman–Crippen MR) is 89.0 cm³/mol. The number of amides is 2. The van der Waals surface area contributed by atoms with Gasteiger partial charge in [0.1, 0.15) is 0 Å². The van der Waals surface area contributed by atoms with Crippen molar-refractivity contribution in [3.05, 3.63) is 33.8 Å². The first-order chi connectivity index (χ1) is 10.4. The first kappa shape index (κ1) is 17.7. The van der Waals surface area contributed by atoms with Crippen LogP contribution in [0.25, 0.3) is 0 Å². The van der Waals surface area contributed by atoms with Crippen molar-refractivity contribution in [3.63, 3.8) is 0 Å². The fourth-order valence-corrected chi connectivity index (χ4v) is 2.82. The molecule has 0 aliphatic carbocycles. The van der Waals surface area contributed by atoms with Crippen molar-refractivity contribution in [3.8, 4) is 0 Å². The van der Waals surface area contributed by atoms with Crippen molar-refractivity contribution >= 4 is 58.2 Å². The second-order valence-corrected chi connectivity index (χ2v) is 6.94. The highest BCUT2D eigenvalue weighted by atomic mass is 35.5. The fourth-order valence-electron chi connectivity index (χ4n) is 2.32. The van der Waals surface area contributed by atoms with E-state index in [1.807, 2.05) is 0 Å². The summed E-state index contributed by atoms with van der Waals surface area (Å²) in [5, 5.41) is 3.59. The molecule has 0 saturated carbocycles. The SMILES string of the molecule is O=C(NC1CCN(C(=O)c2cc(Cl)ccc2Cl)CC1)C(Cl)Cl. The third-order valence-electron chi connectivity index (χ3n) is 3.49. The van der Waals surface area contributed by atoms with Crippen LogP contribution in [-0.4, -0.2) is 40.7 Å². The van der Waals surface area contributed by atoms with E-state index in [9.17, 15) is 9.59 Å². The summed E-state index contributed by atoms with van der Waals surface area (Å²) in [5.41, 5.74) is 0.387. The summed E-state index contributed by atoms with van der Waals surface area (Å²) in [7, 11) is 0. The lowest BCUT2D eigenvalue weighted by molar-refractivity contribution is -0.120. The first-order valence-corrected chi connectivity index (χ1v) is 8.34. The number of hydrogen-bond acceptors (Lipinski definition) is 2. The van der Waals surface area contributed by atoms with Crippen LogP contribution in [0.1, 0.15) is 23.2 Å². The molecule has 1 N–H and O–H groups in total. The minimum atomic E-state index is -1.08. The molecule has 0 bridgehead atoms. The van der Waals surface area contributed by atoms with Gasteiger partial charge in [-0.15, -0.1) is 0 Å². The van der Waals surface area contributed by atoms with E-state index in [0.29, 0.717) is 41.5 Å². The van der Waals surface area contributed by atoms with Gasteiger partial charge in [0.2, 0.25) is 0 Å². The van der Waals surface area contributed by atoms with Crippen LogP contribution < -0.4 is 5.32 Å². The van der Waals surface area contributed by atoms with E-state index in [1.165, 1.54) is 0 Å². The highest BCUT2D eigenvalue weighted by Crippen LogP contribution is 2.23. The van der Waals surface area contributed by atoms with Gasteiger partial charge < -0.3 is 10.2 Å². The zero-order valence-electron chi connectivity index (χ0n) is 11.5. The Balaban J connectivity index is 1.95. The number of nitrogens with one attached hydrogen (secondary N) is 1. The second-order valence-electron chi connectivity index (χ2n) is 5.00. The quantitative estimate of drug-likeness (QED) is 0.811. The highest BCUT2D eigenvalue weighted by Gasteiger charge is 2.26. The zero-order valence-corrected chi connectivity index (χ0v) is 14.5. The third-order valence-corrected chi connectivity index (χ3v) is 4.45. The summed E-state index contributed by atoms with van der Waals surface area (Å²) in [4.78, 5) is 24.5. The molecule has 0 unspecified atom stereocenters. The fraction of sp³-hybridized carbons (Fsp3) is 0.429. The van der Waals surface area contributed by atoms with Crippen molar-refractivity contribution in [2.45, 2.75) is 23.7 Å². The van der Waals surface area contributed by atoms with Crippen molar-refractivity contribution in [1.82, 2.24) is 10.2 Å². The van der Waals surface area contributed by atoms with E-state index in [1.54, 1.807) is 23.1 Å². The van der Waals surface area contributed by atoms with Gasteiger partial charge in [-0.1, -0.05) is 46.4 Å². The molecule has 8 heteroatoms. The number of likely N-dealkylation sites (tertiary alicyclic amines) is 1. The van der Waals surface area contributed by atoms with Gasteiger partial charge in [0.15, 0.2) is 4.84 Å². The monoisotopic (exact) mass is 382 g/mol. The Labute approximate surface area is 148 Å². The number of rotatable bonds is 3. The summed E-state index contributed by atoms with van der Waals surface area (Å²) in [6, 6.07) is 4.76. The lowest BCUT2D eigenvalue weighted by atomic mass is 10.0. The lowest BCUT2D eigenvalue weighted by Crippen LogP contribution is -2.47. The van der Waals surface area contributed by atoms with Gasteiger partial charge in [0.25, 0.3) is 11.8 Å². The molecular weight excluding hydrogens is 370 g/mol. The highest BCUT2D eigenvalue weighted by molar-refractivity contribution is 6.53. The van der Waals surface area contributed by atoms with Crippen LogP contribution in [0.2, 0.25) is 10.0 Å². The molecule has 1 aliphatic rings. The maximum atomic E-state index is 12.5. The first-order valence-electron chi connectivity index (χ1n) is 6.71. The van der Waals surface area contributed by atoms with Crippen LogP contribution in [0.15, 0.2) is 18.2 Å². The maximum Gasteiger partial charge on any atom is 0.255 e. The average molecular weight is 384 g/mol. The molecule has 1 heterocycles. The molecule has 1 aromatic carbocycles. The van der Waals surface area contributed by atoms with E-state index in [0.717, 1.165) is 0 Å². The summed E-state index contributed by atoms with van der Waals surface area (Å²) < 4.78 is 0. The van der Waals surface area contributed by atoms with E-state index in [2.05, 4.69) is 5.32 Å². The molecule has 0 aromatic heterocycles. The molecule has 0 spiro atoms. The average Bonchev–Trinajstić information content (AvgIpc) is 2.49. The topological polar surface area (TPSA) is 49.4 Å². The normalized spacial score (nSPS) is 16.0. The molecule has 22 heavy (non-hydrogen) atoms. The molecule has 2 rings (SSSR count). The number of carbonyl (C=O) groups is 2. The second kappa shape index (κ2) is 7.73. The summed E-state index contributed by atoms with van der Waals surface area (Å²) in [6.45, 7) is 1.03. The number of nitrogens with zero attached hydrogens (tertiary/aromatic N) is 1. The molecule has 2 amide bonds. The molecule has 4 nitrogen and oxygen atoms in total. The molecule has 1 saturated heterocycles. The summed E-state index contributed by atoms with van der Waals surface area (Å²) >= 11 is 23.0. The van der Waals surface area contributed by atoms with E-state index in [4.69, 9.17) is 46.4 Å². The Bertz CT molecular complexity index is 572. The lowest BCUT2D eigenvalue weighted by Gasteiger charge is -2.32. The van der Waals surface area contributed by atoms with Crippen LogP contribution in [0.5, 0.6) is 0 Å². The molecule has 0 atom stereocenters. The number of alkyl halides is 2. The van der Waals surface area contributed by atoms with E-state index >= 15 is 0 Å². The molecule has 0 radical (unpaired) electrons. The largest absolute Gasteiger partial charge is 0.351 e. The van der Waals surface area contributed by atoms with Gasteiger partial charge in [0.05, 0.1) is 10.6 Å². The number of carbonyl (C=O) groups excluding carboxylic acids is 2. The van der Waals surface area contributed by atoms with Crippen molar-refractivity contribution in [2.24, 2.45) is 0 Å². The van der Waals surface area contributed by atoms with Crippen LogP contribution in [0.3, 0.4) is 0 Å². The van der Waals surface area contributed by atoms with Crippen molar-refractivity contribution in [1.29, 1.82) is 0 Å². The third kappa shape index (κ3) is 4.42. The molecule has 1 aromatic rings. The zero-order chi connectivity index (χ0) is 16.3. The summed E-state index contributed by atoms with van der Waals surface area (Å²) in [5.74, 6) is -0.573. The van der Waals surface area contributed by atoms with Gasteiger partial charge in [-0.3, -0.25) is 9.59 Å². The summed E-state index contributed by atoms with van der Waals surface area (Å²) in [6.07, 6.45) is 1.27. The van der Waals surface area contributed by atoms with Gasteiger partial charge in [-0.2, -0.15) is 0 Å². The van der Waals surface area contributed by atoms with Crippen LogP contribution in [0.4, 0.5) is 0 Å². The molecule has 120 valence electrons. The van der Waals surface area contributed by atoms with E-state index < -0.39 is 10.7 Å². The molecule has 1 aliphatic heterocycles. The van der Waals surface area contributed by atoms with Gasteiger partial charge in [-0.25, -0.2) is 0 Å². The maximum absolute atomic E-state index is 12.5. The Morgan fingerprint density at radius 1 is 1.18 bits per heavy atom. The minimum absolute atomic E-state index is 0.0358. The minimum Gasteiger partial charge on any atom is -0.351 e. The smallest absolute Gasteiger partial charge is 0.255 e. The van der Waals surface area contributed by atoms with Gasteiger partial charge >= 0.3 is 0 Å². The standard InChI is InChI=1S/C14H14Cl4N2O2/c15-8-1-2-11(16)10(7-8)14(22)20-5-3-9(4-6-20)19-13(21)12(17)18/h1-2,7,9,12H,3-6H2,(H,19,21). The molecule has 1 fully saturated rings. The Kier molecular flexibility index (Phi) is 6.21. The number of piperidine rings is 1. The van der Waals surface area contributed by atoms with Crippen molar-refractivity contribution in [2.75, 3.05) is 13.1 Å². The number of benzene rings is 1. The van der Waals surface area contributed by atoms with Gasteiger partial charge in [0, 0.05) is 24.2 Å². The number of halogens is 4. The van der Waals surface area contributed by atoms with Crippen molar-refractivity contribution < 1.29 is 9.59 Å². The van der Waals surface area contributed by atoms with Crippen LogP contribution >= 0.6 is 46.4 Å². The van der Waals surface area contributed by atoms with Crippen LogP contribution in [-0.2, 0) is 4.79 Å². The van der Waals surface area contributed by atoms with E-state index in [-0.39, 0.29) is 11.9 Å². The Morgan fingerprint density at radius 3 is 2.41 bits per heavy atom. The predicted octanol–water partition coefficient (Wildman–Crippen LogP) is 3.52. The number of hydrogen-bond donors (Lipinski definition) is 1. The Morgan fingerprint density at radius 2 is 1.82 bits per heavy atom.